The van der Waals surface area contributed by atoms with Gasteiger partial charge >= 0.3 is 0 Å². The lowest BCUT2D eigenvalue weighted by atomic mass is 10.0. The predicted molar refractivity (Wildman–Crippen MR) is 61.8 cm³/mol. The molecule has 1 aromatic rings. The highest BCUT2D eigenvalue weighted by molar-refractivity contribution is 14.1. The van der Waals surface area contributed by atoms with Gasteiger partial charge in [0.15, 0.2) is 0 Å². The Kier molecular flexibility index (Phi) is 1.80. The lowest BCUT2D eigenvalue weighted by molar-refractivity contribution is 0.106. The molecule has 0 amide bonds. The van der Waals surface area contributed by atoms with Gasteiger partial charge in [-0.1, -0.05) is 6.42 Å². The Morgan fingerprint density at radius 3 is 2.69 bits per heavy atom. The molecule has 0 aliphatic heterocycles. The standard InChI is InChI=1S/C10H11IOS/c11-9-4-6(5-13-9)10(12)7-2-1-3-8(7)10/h4-5,7-8,12H,1-3H2. The van der Waals surface area contributed by atoms with E-state index < -0.39 is 5.60 Å². The largest absolute Gasteiger partial charge is 0.385 e. The summed E-state index contributed by atoms with van der Waals surface area (Å²) < 4.78 is 1.28. The van der Waals surface area contributed by atoms with Crippen molar-refractivity contribution < 1.29 is 5.11 Å². The molecule has 1 N–H and O–H groups in total. The summed E-state index contributed by atoms with van der Waals surface area (Å²) in [6.07, 6.45) is 3.78. The molecule has 2 saturated carbocycles. The topological polar surface area (TPSA) is 20.2 Å². The average molecular weight is 306 g/mol. The quantitative estimate of drug-likeness (QED) is 0.791. The fraction of sp³-hybridized carbons (Fsp3) is 0.600. The highest BCUT2D eigenvalue weighted by atomic mass is 127. The summed E-state index contributed by atoms with van der Waals surface area (Å²) in [6, 6.07) is 2.14. The molecule has 3 rings (SSSR count). The van der Waals surface area contributed by atoms with Crippen molar-refractivity contribution in [2.45, 2.75) is 24.9 Å². The maximum atomic E-state index is 10.4. The van der Waals surface area contributed by atoms with E-state index in [1.165, 1.54) is 27.7 Å². The lowest BCUT2D eigenvalue weighted by Gasteiger charge is -2.11. The first-order valence-corrected chi connectivity index (χ1v) is 6.65. The molecule has 0 aromatic carbocycles. The minimum atomic E-state index is -0.418. The van der Waals surface area contributed by atoms with Crippen LogP contribution in [0.1, 0.15) is 24.8 Å². The molecule has 0 spiro atoms. The second-order valence-corrected chi connectivity index (χ2v) is 6.91. The Morgan fingerprint density at radius 1 is 1.46 bits per heavy atom. The van der Waals surface area contributed by atoms with Crippen LogP contribution in [0.15, 0.2) is 11.4 Å². The second kappa shape index (κ2) is 2.70. The van der Waals surface area contributed by atoms with Crippen molar-refractivity contribution in [3.8, 4) is 0 Å². The summed E-state index contributed by atoms with van der Waals surface area (Å²) in [4.78, 5) is 0. The molecule has 2 aliphatic carbocycles. The van der Waals surface area contributed by atoms with Gasteiger partial charge in [0.2, 0.25) is 0 Å². The minimum absolute atomic E-state index is 0.418. The van der Waals surface area contributed by atoms with E-state index in [2.05, 4.69) is 34.0 Å². The minimum Gasteiger partial charge on any atom is -0.385 e. The molecule has 0 saturated heterocycles. The molecule has 1 heterocycles. The molecule has 2 fully saturated rings. The summed E-state index contributed by atoms with van der Waals surface area (Å²) in [5.74, 6) is 1.16. The fourth-order valence-corrected chi connectivity index (χ4v) is 4.28. The Labute approximate surface area is 95.3 Å². The zero-order valence-electron chi connectivity index (χ0n) is 7.16. The van der Waals surface area contributed by atoms with E-state index in [4.69, 9.17) is 0 Å². The van der Waals surface area contributed by atoms with Gasteiger partial charge in [0.1, 0.15) is 0 Å². The van der Waals surface area contributed by atoms with Crippen LogP contribution in [0.3, 0.4) is 0 Å². The van der Waals surface area contributed by atoms with Crippen LogP contribution in [0, 0.1) is 14.7 Å². The van der Waals surface area contributed by atoms with Crippen molar-refractivity contribution in [3.63, 3.8) is 0 Å². The Balaban J connectivity index is 1.95. The molecule has 70 valence electrons. The van der Waals surface area contributed by atoms with E-state index in [0.717, 1.165) is 0 Å². The smallest absolute Gasteiger partial charge is 0.0968 e. The van der Waals surface area contributed by atoms with Crippen LogP contribution >= 0.6 is 33.9 Å². The number of thiophene rings is 1. The van der Waals surface area contributed by atoms with E-state index in [1.807, 2.05) is 0 Å². The van der Waals surface area contributed by atoms with Gasteiger partial charge in [0, 0.05) is 0 Å². The predicted octanol–water partition coefficient (Wildman–Crippen LogP) is 2.97. The third-order valence-electron chi connectivity index (χ3n) is 3.57. The number of halogens is 1. The molecule has 2 unspecified atom stereocenters. The third kappa shape index (κ3) is 1.07. The molecule has 1 aromatic heterocycles. The van der Waals surface area contributed by atoms with Gasteiger partial charge in [0.25, 0.3) is 0 Å². The maximum Gasteiger partial charge on any atom is 0.0968 e. The van der Waals surface area contributed by atoms with Crippen LogP contribution in [0.2, 0.25) is 0 Å². The van der Waals surface area contributed by atoms with Crippen LogP contribution in [0.4, 0.5) is 0 Å². The number of fused-ring (bicyclic) bond motifs is 1. The third-order valence-corrected chi connectivity index (χ3v) is 5.36. The number of hydrogen-bond acceptors (Lipinski definition) is 2. The Morgan fingerprint density at radius 2 is 2.15 bits per heavy atom. The van der Waals surface area contributed by atoms with Gasteiger partial charge in [-0.15, -0.1) is 11.3 Å². The van der Waals surface area contributed by atoms with Gasteiger partial charge in [-0.3, -0.25) is 0 Å². The van der Waals surface area contributed by atoms with E-state index in [0.29, 0.717) is 11.8 Å². The molecule has 13 heavy (non-hydrogen) atoms. The SMILES string of the molecule is OC1(c2csc(I)c2)C2CCCC21. The van der Waals surface area contributed by atoms with Gasteiger partial charge in [-0.2, -0.15) is 0 Å². The Hall–Kier alpha value is 0.390. The summed E-state index contributed by atoms with van der Waals surface area (Å²) in [5, 5.41) is 12.5. The number of aliphatic hydroxyl groups is 1. The van der Waals surface area contributed by atoms with E-state index in [1.54, 1.807) is 11.3 Å². The fourth-order valence-electron chi connectivity index (χ4n) is 2.87. The molecule has 3 heteroatoms. The zero-order chi connectivity index (χ0) is 9.05. The van der Waals surface area contributed by atoms with Crippen molar-refractivity contribution in [2.24, 2.45) is 11.8 Å². The molecular weight excluding hydrogens is 295 g/mol. The normalized spacial score (nSPS) is 42.0. The van der Waals surface area contributed by atoms with Crippen LogP contribution in [0.5, 0.6) is 0 Å². The number of hydrogen-bond donors (Lipinski definition) is 1. The summed E-state index contributed by atoms with van der Waals surface area (Å²) in [5.41, 5.74) is 0.759. The van der Waals surface area contributed by atoms with Gasteiger partial charge in [-0.05, 0) is 64.3 Å². The average Bonchev–Trinajstić information content (AvgIpc) is 2.61. The molecule has 2 atom stereocenters. The van der Waals surface area contributed by atoms with E-state index in [9.17, 15) is 5.11 Å². The van der Waals surface area contributed by atoms with Crippen molar-refractivity contribution in [2.75, 3.05) is 0 Å². The molecule has 2 aliphatic rings. The first-order valence-electron chi connectivity index (χ1n) is 4.70. The number of rotatable bonds is 1. The lowest BCUT2D eigenvalue weighted by Crippen LogP contribution is -2.11. The first-order chi connectivity index (χ1) is 6.23. The van der Waals surface area contributed by atoms with E-state index in [-0.39, 0.29) is 0 Å². The molecule has 1 nitrogen and oxygen atoms in total. The highest BCUT2D eigenvalue weighted by Gasteiger charge is 2.66. The van der Waals surface area contributed by atoms with Gasteiger partial charge < -0.3 is 5.11 Å². The summed E-state index contributed by atoms with van der Waals surface area (Å²) >= 11 is 4.06. The highest BCUT2D eigenvalue weighted by Crippen LogP contribution is 2.66. The molecule has 0 radical (unpaired) electrons. The van der Waals surface area contributed by atoms with Crippen molar-refractivity contribution >= 4 is 33.9 Å². The van der Waals surface area contributed by atoms with Crippen LogP contribution in [-0.4, -0.2) is 5.11 Å². The van der Waals surface area contributed by atoms with Gasteiger partial charge in [0.05, 0.1) is 8.48 Å². The van der Waals surface area contributed by atoms with E-state index >= 15 is 0 Å². The Bertz CT molecular complexity index is 336. The van der Waals surface area contributed by atoms with Crippen LogP contribution in [-0.2, 0) is 5.60 Å². The molecular formula is C10H11IOS. The summed E-state index contributed by atoms with van der Waals surface area (Å²) in [6.45, 7) is 0. The maximum absolute atomic E-state index is 10.4. The molecule has 0 bridgehead atoms. The first kappa shape index (κ1) is 8.68. The van der Waals surface area contributed by atoms with Crippen molar-refractivity contribution in [1.29, 1.82) is 0 Å². The van der Waals surface area contributed by atoms with Crippen LogP contribution < -0.4 is 0 Å². The summed E-state index contributed by atoms with van der Waals surface area (Å²) in [7, 11) is 0. The second-order valence-electron chi connectivity index (χ2n) is 4.11. The van der Waals surface area contributed by atoms with Crippen molar-refractivity contribution in [3.05, 3.63) is 19.9 Å². The van der Waals surface area contributed by atoms with Crippen molar-refractivity contribution in [1.82, 2.24) is 0 Å². The monoisotopic (exact) mass is 306 g/mol. The van der Waals surface area contributed by atoms with Crippen LogP contribution in [0.25, 0.3) is 0 Å². The van der Waals surface area contributed by atoms with Gasteiger partial charge in [-0.25, -0.2) is 0 Å². The zero-order valence-corrected chi connectivity index (χ0v) is 10.1.